The van der Waals surface area contributed by atoms with E-state index in [1.54, 1.807) is 18.3 Å². The van der Waals surface area contributed by atoms with Crippen LogP contribution in [0.4, 0.5) is 5.69 Å². The van der Waals surface area contributed by atoms with Crippen LogP contribution < -0.4 is 10.2 Å². The van der Waals surface area contributed by atoms with Gasteiger partial charge in [-0.05, 0) is 55.7 Å². The lowest BCUT2D eigenvalue weighted by Crippen LogP contribution is -2.44. The highest BCUT2D eigenvalue weighted by Crippen LogP contribution is 2.26. The predicted octanol–water partition coefficient (Wildman–Crippen LogP) is 3.05. The van der Waals surface area contributed by atoms with Gasteiger partial charge in [-0.15, -0.1) is 0 Å². The second kappa shape index (κ2) is 9.20. The van der Waals surface area contributed by atoms with Crippen molar-refractivity contribution < 1.29 is 8.42 Å². The van der Waals surface area contributed by atoms with E-state index in [0.29, 0.717) is 10.9 Å². The topological polar surface area (TPSA) is 80.1 Å². The number of sulfone groups is 1. The second-order valence-corrected chi connectivity index (χ2v) is 10.1. The lowest BCUT2D eigenvalue weighted by Gasteiger charge is -2.36. The first-order valence-electron chi connectivity index (χ1n) is 10.7. The normalized spacial score (nSPS) is 16.4. The number of rotatable bonds is 7. The van der Waals surface area contributed by atoms with Gasteiger partial charge in [0.05, 0.1) is 17.1 Å². The lowest BCUT2D eigenvalue weighted by molar-refractivity contribution is 0.390. The molecule has 1 fully saturated rings. The number of piperidine rings is 1. The van der Waals surface area contributed by atoms with Gasteiger partial charge in [-0.3, -0.25) is 9.67 Å². The van der Waals surface area contributed by atoms with Crippen LogP contribution in [0, 0.1) is 0 Å². The van der Waals surface area contributed by atoms with Crippen molar-refractivity contribution in [1.82, 2.24) is 20.1 Å². The number of hydrogen-bond acceptors (Lipinski definition) is 6. The van der Waals surface area contributed by atoms with Crippen LogP contribution in [0.2, 0.25) is 0 Å². The molecule has 1 aliphatic rings. The van der Waals surface area contributed by atoms with Crippen molar-refractivity contribution in [2.24, 2.45) is 0 Å². The Morgan fingerprint density at radius 3 is 2.42 bits per heavy atom. The molecule has 1 aliphatic heterocycles. The Morgan fingerprint density at radius 1 is 1.10 bits per heavy atom. The number of hydrogen-bond donors (Lipinski definition) is 1. The Bertz CT molecular complexity index is 1090. The molecule has 0 spiro atoms. The summed E-state index contributed by atoms with van der Waals surface area (Å²) in [5.74, 6) is 0. The Labute approximate surface area is 184 Å². The van der Waals surface area contributed by atoms with E-state index < -0.39 is 9.84 Å². The summed E-state index contributed by atoms with van der Waals surface area (Å²) in [6.45, 7) is 4.77. The van der Waals surface area contributed by atoms with Crippen LogP contribution in [0.1, 0.15) is 36.9 Å². The Balaban J connectivity index is 1.43. The largest absolute Gasteiger partial charge is 0.371 e. The standard InChI is InChI=1S/C23H29N5O2S/c1-3-28-17-19(16-25-28)23(18-5-4-12-24-15-18)26-20-10-13-27(14-11-20)21-6-8-22(9-7-21)31(2,29)30/h4-9,12,15-17,20,23,26H,3,10-11,13-14H2,1-2H3. The fourth-order valence-corrected chi connectivity index (χ4v) is 4.71. The maximum atomic E-state index is 11.7. The minimum atomic E-state index is -3.17. The maximum absolute atomic E-state index is 11.7. The summed E-state index contributed by atoms with van der Waals surface area (Å²) < 4.78 is 25.3. The molecular weight excluding hydrogens is 410 g/mol. The van der Waals surface area contributed by atoms with Crippen molar-refractivity contribution in [2.45, 2.75) is 43.3 Å². The molecule has 0 bridgehead atoms. The van der Waals surface area contributed by atoms with Gasteiger partial charge < -0.3 is 10.2 Å². The third kappa shape index (κ3) is 5.14. The van der Waals surface area contributed by atoms with Gasteiger partial charge in [-0.1, -0.05) is 6.07 Å². The van der Waals surface area contributed by atoms with Crippen LogP contribution in [0.5, 0.6) is 0 Å². The van der Waals surface area contributed by atoms with E-state index in [9.17, 15) is 8.42 Å². The molecule has 31 heavy (non-hydrogen) atoms. The lowest BCUT2D eigenvalue weighted by atomic mass is 9.98. The fourth-order valence-electron chi connectivity index (χ4n) is 4.08. The number of nitrogens with zero attached hydrogens (tertiary/aromatic N) is 4. The van der Waals surface area contributed by atoms with E-state index in [1.165, 1.54) is 6.26 Å². The van der Waals surface area contributed by atoms with E-state index >= 15 is 0 Å². The first-order valence-corrected chi connectivity index (χ1v) is 12.6. The van der Waals surface area contributed by atoms with Gasteiger partial charge in [0.1, 0.15) is 0 Å². The summed E-state index contributed by atoms with van der Waals surface area (Å²) in [5, 5.41) is 8.28. The molecule has 0 aliphatic carbocycles. The highest BCUT2D eigenvalue weighted by atomic mass is 32.2. The van der Waals surface area contributed by atoms with Crippen molar-refractivity contribution in [1.29, 1.82) is 0 Å². The SMILES string of the molecule is CCn1cc(C(NC2CCN(c3ccc(S(C)(=O)=O)cc3)CC2)c2cccnc2)cn1. The molecule has 3 aromatic rings. The van der Waals surface area contributed by atoms with E-state index in [2.05, 4.69) is 39.5 Å². The van der Waals surface area contributed by atoms with Gasteiger partial charge in [0.15, 0.2) is 9.84 Å². The van der Waals surface area contributed by atoms with Crippen molar-refractivity contribution >= 4 is 15.5 Å². The van der Waals surface area contributed by atoms with Crippen molar-refractivity contribution in [2.75, 3.05) is 24.2 Å². The first kappa shape index (κ1) is 21.5. The molecule has 1 saturated heterocycles. The summed E-state index contributed by atoms with van der Waals surface area (Å²) >= 11 is 0. The molecule has 0 radical (unpaired) electrons. The van der Waals surface area contributed by atoms with Crippen molar-refractivity contribution in [3.63, 3.8) is 0 Å². The monoisotopic (exact) mass is 439 g/mol. The molecule has 8 heteroatoms. The number of aryl methyl sites for hydroxylation is 1. The van der Waals surface area contributed by atoms with Crippen LogP contribution in [0.15, 0.2) is 66.1 Å². The summed E-state index contributed by atoms with van der Waals surface area (Å²) in [6.07, 6.45) is 11.0. The number of aromatic nitrogens is 3. The summed E-state index contributed by atoms with van der Waals surface area (Å²) in [5.41, 5.74) is 3.35. The Hall–Kier alpha value is -2.71. The molecular formula is C23H29N5O2S. The van der Waals surface area contributed by atoms with E-state index in [0.717, 1.165) is 49.3 Å². The predicted molar refractivity (Wildman–Crippen MR) is 122 cm³/mol. The van der Waals surface area contributed by atoms with Crippen molar-refractivity contribution in [3.8, 4) is 0 Å². The minimum Gasteiger partial charge on any atom is -0.371 e. The summed E-state index contributed by atoms with van der Waals surface area (Å²) in [6, 6.07) is 11.7. The van der Waals surface area contributed by atoms with Crippen molar-refractivity contribution in [3.05, 3.63) is 72.3 Å². The van der Waals surface area contributed by atoms with Crippen LogP contribution in [0.3, 0.4) is 0 Å². The van der Waals surface area contributed by atoms with Gasteiger partial charge in [0.25, 0.3) is 0 Å². The molecule has 0 amide bonds. The molecule has 3 heterocycles. The molecule has 4 rings (SSSR count). The number of anilines is 1. The molecule has 164 valence electrons. The van der Waals surface area contributed by atoms with Gasteiger partial charge in [-0.25, -0.2) is 8.42 Å². The molecule has 1 N–H and O–H groups in total. The average Bonchev–Trinajstić information content (AvgIpc) is 3.27. The van der Waals surface area contributed by atoms with Gasteiger partial charge in [0, 0.05) is 61.8 Å². The van der Waals surface area contributed by atoms with E-state index in [1.807, 2.05) is 35.3 Å². The smallest absolute Gasteiger partial charge is 0.175 e. The number of benzene rings is 1. The summed E-state index contributed by atoms with van der Waals surface area (Å²) in [7, 11) is -3.17. The zero-order chi connectivity index (χ0) is 21.8. The molecule has 7 nitrogen and oxygen atoms in total. The zero-order valence-corrected chi connectivity index (χ0v) is 18.8. The number of pyridine rings is 1. The van der Waals surface area contributed by atoms with Gasteiger partial charge in [0.2, 0.25) is 0 Å². The molecule has 1 aromatic carbocycles. The van der Waals surface area contributed by atoms with Crippen LogP contribution in [0.25, 0.3) is 0 Å². The van der Waals surface area contributed by atoms with Gasteiger partial charge in [-0.2, -0.15) is 5.10 Å². The summed E-state index contributed by atoms with van der Waals surface area (Å²) in [4.78, 5) is 6.99. The molecule has 1 atom stereocenters. The van der Waals surface area contributed by atoms with E-state index in [4.69, 9.17) is 0 Å². The highest BCUT2D eigenvalue weighted by Gasteiger charge is 2.25. The van der Waals surface area contributed by atoms with Crippen LogP contribution in [-0.4, -0.2) is 48.6 Å². The third-order valence-electron chi connectivity index (χ3n) is 5.86. The third-order valence-corrected chi connectivity index (χ3v) is 6.98. The van der Waals surface area contributed by atoms with Gasteiger partial charge >= 0.3 is 0 Å². The molecule has 2 aromatic heterocycles. The average molecular weight is 440 g/mol. The highest BCUT2D eigenvalue weighted by molar-refractivity contribution is 7.90. The quantitative estimate of drug-likeness (QED) is 0.610. The Morgan fingerprint density at radius 2 is 1.84 bits per heavy atom. The molecule has 1 unspecified atom stereocenters. The first-order chi connectivity index (χ1) is 14.9. The Kier molecular flexibility index (Phi) is 6.38. The fraction of sp³-hybridized carbons (Fsp3) is 0.391. The van der Waals surface area contributed by atoms with Crippen LogP contribution in [-0.2, 0) is 16.4 Å². The van der Waals surface area contributed by atoms with E-state index in [-0.39, 0.29) is 6.04 Å². The minimum absolute atomic E-state index is 0.0552. The second-order valence-electron chi connectivity index (χ2n) is 8.04. The zero-order valence-electron chi connectivity index (χ0n) is 18.0. The number of nitrogens with one attached hydrogen (secondary N) is 1. The molecule has 0 saturated carbocycles. The maximum Gasteiger partial charge on any atom is 0.175 e. The van der Waals surface area contributed by atoms with Crippen LogP contribution >= 0.6 is 0 Å².